The van der Waals surface area contributed by atoms with Gasteiger partial charge in [0.1, 0.15) is 11.8 Å². The van der Waals surface area contributed by atoms with E-state index in [4.69, 9.17) is 4.74 Å². The number of unbranched alkanes of at least 4 members (excludes halogenated alkanes) is 9. The third kappa shape index (κ3) is 10.9. The van der Waals surface area contributed by atoms with Gasteiger partial charge in [0.25, 0.3) is 5.91 Å². The van der Waals surface area contributed by atoms with Crippen molar-refractivity contribution in [2.75, 3.05) is 6.61 Å². The Balaban J connectivity index is 2.20. The van der Waals surface area contributed by atoms with Gasteiger partial charge in [-0.25, -0.2) is 4.79 Å². The fourth-order valence-electron chi connectivity index (χ4n) is 3.22. The summed E-state index contributed by atoms with van der Waals surface area (Å²) in [4.78, 5) is 23.4. The molecule has 5 nitrogen and oxygen atoms in total. The molecule has 0 spiro atoms. The lowest BCUT2D eigenvalue weighted by atomic mass is 10.0. The number of hydrogen-bond acceptors (Lipinski definition) is 3. The molecule has 0 saturated heterocycles. The molecule has 164 valence electrons. The smallest absolute Gasteiger partial charge is 0.326 e. The van der Waals surface area contributed by atoms with Crippen molar-refractivity contribution in [3.8, 4) is 5.75 Å². The molecule has 0 saturated carbocycles. The molecule has 1 atom stereocenters. The highest BCUT2D eigenvalue weighted by atomic mass is 16.5. The fraction of sp³-hybridized carbons (Fsp3) is 0.667. The number of carboxylic acid groups (broad SMARTS) is 1. The summed E-state index contributed by atoms with van der Waals surface area (Å²) in [5.41, 5.74) is 0.434. The molecule has 0 aliphatic heterocycles. The monoisotopic (exact) mass is 405 g/mol. The lowest BCUT2D eigenvalue weighted by Crippen LogP contribution is -2.44. The Morgan fingerprint density at radius 1 is 0.897 bits per heavy atom. The highest BCUT2D eigenvalue weighted by Gasteiger charge is 2.23. The number of carbonyl (C=O) groups excluding carboxylic acids is 1. The average molecular weight is 406 g/mol. The van der Waals surface area contributed by atoms with Crippen LogP contribution in [0, 0.1) is 5.92 Å². The molecular weight excluding hydrogens is 366 g/mol. The number of carboxylic acids is 1. The second kappa shape index (κ2) is 14.9. The van der Waals surface area contributed by atoms with Crippen LogP contribution in [0.1, 0.15) is 95.3 Å². The number of amides is 1. The molecule has 0 unspecified atom stereocenters. The number of rotatable bonds is 16. The van der Waals surface area contributed by atoms with Crippen LogP contribution in [-0.2, 0) is 4.79 Å². The van der Waals surface area contributed by atoms with Crippen LogP contribution in [0.15, 0.2) is 24.3 Å². The van der Waals surface area contributed by atoms with Gasteiger partial charge in [-0.2, -0.15) is 0 Å². The van der Waals surface area contributed by atoms with Crippen LogP contribution in [-0.4, -0.2) is 29.6 Å². The zero-order valence-electron chi connectivity index (χ0n) is 18.4. The molecule has 0 aliphatic rings. The Hall–Kier alpha value is -2.04. The van der Waals surface area contributed by atoms with Crippen LogP contribution < -0.4 is 10.1 Å². The maximum atomic E-state index is 12.2. The van der Waals surface area contributed by atoms with Crippen LogP contribution in [0.2, 0.25) is 0 Å². The number of ether oxygens (including phenoxy) is 1. The SMILES string of the molecule is CCCCCCCCCCCCOc1ccc(C(=O)N[C@H](C(=O)O)C(C)C)cc1. The van der Waals surface area contributed by atoms with E-state index in [2.05, 4.69) is 12.2 Å². The van der Waals surface area contributed by atoms with Crippen LogP contribution in [0.4, 0.5) is 0 Å². The third-order valence-electron chi connectivity index (χ3n) is 5.10. The Labute approximate surface area is 176 Å². The normalized spacial score (nSPS) is 12.0. The molecule has 0 radical (unpaired) electrons. The van der Waals surface area contributed by atoms with Crippen molar-refractivity contribution in [1.29, 1.82) is 0 Å². The van der Waals surface area contributed by atoms with E-state index in [1.54, 1.807) is 38.1 Å². The van der Waals surface area contributed by atoms with Crippen molar-refractivity contribution in [2.24, 2.45) is 5.92 Å². The summed E-state index contributed by atoms with van der Waals surface area (Å²) in [6.45, 7) is 6.46. The van der Waals surface area contributed by atoms with E-state index in [0.717, 1.165) is 12.2 Å². The molecule has 0 bridgehead atoms. The minimum Gasteiger partial charge on any atom is -0.494 e. The highest BCUT2D eigenvalue weighted by Crippen LogP contribution is 2.15. The predicted octanol–water partition coefficient (Wildman–Crippen LogP) is 5.83. The van der Waals surface area contributed by atoms with Crippen LogP contribution in [0.3, 0.4) is 0 Å². The third-order valence-corrected chi connectivity index (χ3v) is 5.10. The van der Waals surface area contributed by atoms with E-state index < -0.39 is 12.0 Å². The van der Waals surface area contributed by atoms with Crippen LogP contribution >= 0.6 is 0 Å². The minimum absolute atomic E-state index is 0.180. The summed E-state index contributed by atoms with van der Waals surface area (Å²) in [5, 5.41) is 11.7. The molecule has 1 aromatic rings. The number of carbonyl (C=O) groups is 2. The Kier molecular flexibility index (Phi) is 12.8. The van der Waals surface area contributed by atoms with Crippen molar-refractivity contribution in [3.05, 3.63) is 29.8 Å². The molecule has 1 rings (SSSR count). The van der Waals surface area contributed by atoms with E-state index in [9.17, 15) is 14.7 Å². The Morgan fingerprint density at radius 3 is 1.90 bits per heavy atom. The summed E-state index contributed by atoms with van der Waals surface area (Å²) >= 11 is 0. The predicted molar refractivity (Wildman–Crippen MR) is 118 cm³/mol. The fourth-order valence-corrected chi connectivity index (χ4v) is 3.22. The molecule has 5 heteroatoms. The lowest BCUT2D eigenvalue weighted by Gasteiger charge is -2.18. The Morgan fingerprint density at radius 2 is 1.41 bits per heavy atom. The van der Waals surface area contributed by atoms with E-state index in [1.807, 2.05) is 0 Å². The lowest BCUT2D eigenvalue weighted by molar-refractivity contribution is -0.140. The van der Waals surface area contributed by atoms with E-state index >= 15 is 0 Å². The number of benzene rings is 1. The van der Waals surface area contributed by atoms with Crippen molar-refractivity contribution >= 4 is 11.9 Å². The molecule has 0 heterocycles. The molecule has 0 aliphatic carbocycles. The minimum atomic E-state index is -1.02. The first-order valence-corrected chi connectivity index (χ1v) is 11.2. The number of hydrogen-bond donors (Lipinski definition) is 2. The van der Waals surface area contributed by atoms with Crippen LogP contribution in [0.5, 0.6) is 5.75 Å². The van der Waals surface area contributed by atoms with Crippen LogP contribution in [0.25, 0.3) is 0 Å². The van der Waals surface area contributed by atoms with Crippen molar-refractivity contribution in [1.82, 2.24) is 5.32 Å². The van der Waals surface area contributed by atoms with Crippen molar-refractivity contribution < 1.29 is 19.4 Å². The van der Waals surface area contributed by atoms with E-state index in [-0.39, 0.29) is 11.8 Å². The maximum absolute atomic E-state index is 12.2. The summed E-state index contributed by atoms with van der Waals surface area (Å²) < 4.78 is 5.74. The maximum Gasteiger partial charge on any atom is 0.326 e. The summed E-state index contributed by atoms with van der Waals surface area (Å²) in [7, 11) is 0. The molecule has 29 heavy (non-hydrogen) atoms. The molecule has 0 aromatic heterocycles. The van der Waals surface area contributed by atoms with Gasteiger partial charge in [-0.1, -0.05) is 78.6 Å². The first-order valence-electron chi connectivity index (χ1n) is 11.2. The first kappa shape index (κ1) is 25.0. The molecular formula is C24H39NO4. The average Bonchev–Trinajstić information content (AvgIpc) is 2.70. The van der Waals surface area contributed by atoms with E-state index in [1.165, 1.54) is 57.8 Å². The van der Waals surface area contributed by atoms with Gasteiger partial charge in [0.2, 0.25) is 0 Å². The highest BCUT2D eigenvalue weighted by molar-refractivity contribution is 5.96. The van der Waals surface area contributed by atoms with E-state index in [0.29, 0.717) is 12.2 Å². The molecule has 1 amide bonds. The Bertz CT molecular complexity index is 583. The standard InChI is InChI=1S/C24H39NO4/c1-4-5-6-7-8-9-10-11-12-13-18-29-21-16-14-20(15-17-21)23(26)25-22(19(2)3)24(27)28/h14-17,19,22H,4-13,18H2,1-3H3,(H,25,26)(H,27,28)/t22-/m0/s1. The summed E-state index contributed by atoms with van der Waals surface area (Å²) in [5.74, 6) is -0.853. The molecule has 2 N–H and O–H groups in total. The zero-order valence-corrected chi connectivity index (χ0v) is 18.4. The van der Waals surface area contributed by atoms with Gasteiger partial charge in [0, 0.05) is 5.56 Å². The number of aliphatic carboxylic acids is 1. The zero-order chi connectivity index (χ0) is 21.5. The van der Waals surface area contributed by atoms with Crippen molar-refractivity contribution in [2.45, 2.75) is 91.0 Å². The molecule has 1 aromatic carbocycles. The summed E-state index contributed by atoms with van der Waals surface area (Å²) in [6, 6.07) is 5.97. The second-order valence-corrected chi connectivity index (χ2v) is 8.09. The van der Waals surface area contributed by atoms with Gasteiger partial charge < -0.3 is 15.2 Å². The van der Waals surface area contributed by atoms with Gasteiger partial charge in [-0.3, -0.25) is 4.79 Å². The van der Waals surface area contributed by atoms with Gasteiger partial charge in [0.05, 0.1) is 6.61 Å². The van der Waals surface area contributed by atoms with Crippen molar-refractivity contribution in [3.63, 3.8) is 0 Å². The largest absolute Gasteiger partial charge is 0.494 e. The first-order chi connectivity index (χ1) is 14.0. The van der Waals surface area contributed by atoms with Gasteiger partial charge in [-0.05, 0) is 36.6 Å². The van der Waals surface area contributed by atoms with Gasteiger partial charge >= 0.3 is 5.97 Å². The quantitative estimate of drug-likeness (QED) is 0.340. The summed E-state index contributed by atoms with van der Waals surface area (Å²) in [6.07, 6.45) is 12.9. The van der Waals surface area contributed by atoms with Gasteiger partial charge in [-0.15, -0.1) is 0 Å². The topological polar surface area (TPSA) is 75.6 Å². The number of nitrogens with one attached hydrogen (secondary N) is 1. The molecule has 0 fully saturated rings. The van der Waals surface area contributed by atoms with Gasteiger partial charge in [0.15, 0.2) is 0 Å². The second-order valence-electron chi connectivity index (χ2n) is 8.09.